The summed E-state index contributed by atoms with van der Waals surface area (Å²) >= 11 is 1.31. The summed E-state index contributed by atoms with van der Waals surface area (Å²) in [6, 6.07) is 9.22. The van der Waals surface area contributed by atoms with Crippen LogP contribution < -0.4 is 0 Å². The van der Waals surface area contributed by atoms with Crippen molar-refractivity contribution in [1.29, 1.82) is 5.26 Å². The number of methoxy groups -OCH3 is 1. The van der Waals surface area contributed by atoms with Crippen LogP contribution in [0.5, 0.6) is 0 Å². The second-order valence-electron chi connectivity index (χ2n) is 2.47. The maximum absolute atomic E-state index is 10.9. The van der Waals surface area contributed by atoms with Crippen molar-refractivity contribution >= 4 is 17.7 Å². The van der Waals surface area contributed by atoms with Gasteiger partial charge >= 0.3 is 5.97 Å². The highest BCUT2D eigenvalue weighted by Gasteiger charge is 2.05. The SMILES string of the molecule is COC(=O)CSc1ccccc1C#N. The maximum atomic E-state index is 10.9. The molecular weight excluding hydrogens is 198 g/mol. The number of thioether (sulfide) groups is 1. The van der Waals surface area contributed by atoms with E-state index in [-0.39, 0.29) is 11.7 Å². The predicted octanol–water partition coefficient (Wildman–Crippen LogP) is 1.82. The van der Waals surface area contributed by atoms with Gasteiger partial charge in [0.15, 0.2) is 0 Å². The Bertz CT molecular complexity index is 371. The third kappa shape index (κ3) is 2.79. The predicted molar refractivity (Wildman–Crippen MR) is 53.9 cm³/mol. The molecule has 0 aliphatic rings. The molecule has 4 heteroatoms. The molecule has 14 heavy (non-hydrogen) atoms. The van der Waals surface area contributed by atoms with Gasteiger partial charge in [-0.15, -0.1) is 11.8 Å². The highest BCUT2D eigenvalue weighted by atomic mass is 32.2. The van der Waals surface area contributed by atoms with E-state index in [1.807, 2.05) is 12.1 Å². The van der Waals surface area contributed by atoms with Gasteiger partial charge in [-0.25, -0.2) is 0 Å². The number of hydrogen-bond donors (Lipinski definition) is 0. The fourth-order valence-electron chi connectivity index (χ4n) is 0.880. The minimum atomic E-state index is -0.289. The van der Waals surface area contributed by atoms with E-state index in [1.165, 1.54) is 18.9 Å². The smallest absolute Gasteiger partial charge is 0.315 e. The highest BCUT2D eigenvalue weighted by Crippen LogP contribution is 2.21. The number of benzene rings is 1. The van der Waals surface area contributed by atoms with E-state index >= 15 is 0 Å². The molecule has 3 nitrogen and oxygen atoms in total. The van der Waals surface area contributed by atoms with Gasteiger partial charge in [0.2, 0.25) is 0 Å². The molecule has 1 rings (SSSR count). The fourth-order valence-corrected chi connectivity index (χ4v) is 1.72. The summed E-state index contributed by atoms with van der Waals surface area (Å²) in [5.74, 6) is -0.0578. The Kier molecular flexibility index (Phi) is 4.02. The maximum Gasteiger partial charge on any atom is 0.315 e. The standard InChI is InChI=1S/C10H9NO2S/c1-13-10(12)7-14-9-5-3-2-4-8(9)6-11/h2-5H,7H2,1H3. The number of nitriles is 1. The summed E-state index contributed by atoms with van der Waals surface area (Å²) in [5.41, 5.74) is 0.585. The molecule has 0 unspecified atom stereocenters. The van der Waals surface area contributed by atoms with Gasteiger partial charge in [-0.05, 0) is 12.1 Å². The first-order valence-electron chi connectivity index (χ1n) is 3.96. The second kappa shape index (κ2) is 5.30. The Balaban J connectivity index is 2.68. The molecule has 0 saturated heterocycles. The molecule has 0 aliphatic carbocycles. The normalized spacial score (nSPS) is 9.14. The molecule has 1 aromatic carbocycles. The molecule has 0 heterocycles. The first-order chi connectivity index (χ1) is 6.77. The Morgan fingerprint density at radius 3 is 2.93 bits per heavy atom. The van der Waals surface area contributed by atoms with E-state index < -0.39 is 0 Å². The van der Waals surface area contributed by atoms with Gasteiger partial charge in [-0.1, -0.05) is 12.1 Å². The first-order valence-corrected chi connectivity index (χ1v) is 4.95. The Morgan fingerprint density at radius 1 is 1.57 bits per heavy atom. The van der Waals surface area contributed by atoms with Crippen molar-refractivity contribution in [3.8, 4) is 6.07 Å². The van der Waals surface area contributed by atoms with Crippen LogP contribution in [-0.4, -0.2) is 18.8 Å². The topological polar surface area (TPSA) is 50.1 Å². The van der Waals surface area contributed by atoms with Gasteiger partial charge < -0.3 is 4.74 Å². The third-order valence-corrected chi connectivity index (χ3v) is 2.63. The Labute approximate surface area is 86.7 Å². The molecule has 0 aromatic heterocycles. The average molecular weight is 207 g/mol. The summed E-state index contributed by atoms with van der Waals surface area (Å²) in [7, 11) is 1.35. The summed E-state index contributed by atoms with van der Waals surface area (Å²) in [6.07, 6.45) is 0. The van der Waals surface area contributed by atoms with Gasteiger partial charge in [0.25, 0.3) is 0 Å². The number of ether oxygens (including phenoxy) is 1. The van der Waals surface area contributed by atoms with Crippen molar-refractivity contribution < 1.29 is 9.53 Å². The van der Waals surface area contributed by atoms with Crippen molar-refractivity contribution in [2.75, 3.05) is 12.9 Å². The molecule has 1 aromatic rings. The lowest BCUT2D eigenvalue weighted by atomic mass is 10.2. The largest absolute Gasteiger partial charge is 0.468 e. The van der Waals surface area contributed by atoms with E-state index in [0.29, 0.717) is 5.56 Å². The van der Waals surface area contributed by atoms with Crippen LogP contribution in [0.1, 0.15) is 5.56 Å². The number of nitrogens with zero attached hydrogens (tertiary/aromatic N) is 1. The van der Waals surface area contributed by atoms with Crippen LogP contribution in [0, 0.1) is 11.3 Å². The number of rotatable bonds is 3. The van der Waals surface area contributed by atoms with Crippen molar-refractivity contribution in [1.82, 2.24) is 0 Å². The van der Waals surface area contributed by atoms with Gasteiger partial charge in [-0.3, -0.25) is 4.79 Å². The fraction of sp³-hybridized carbons (Fsp3) is 0.200. The lowest BCUT2D eigenvalue weighted by Gasteiger charge is -2.01. The van der Waals surface area contributed by atoms with Gasteiger partial charge in [-0.2, -0.15) is 5.26 Å². The van der Waals surface area contributed by atoms with Crippen molar-refractivity contribution in [3.63, 3.8) is 0 Å². The molecule has 0 atom stereocenters. The van der Waals surface area contributed by atoms with Crippen molar-refractivity contribution in [2.45, 2.75) is 4.90 Å². The molecule has 0 radical (unpaired) electrons. The Morgan fingerprint density at radius 2 is 2.29 bits per heavy atom. The minimum Gasteiger partial charge on any atom is -0.468 e. The molecule has 0 spiro atoms. The van der Waals surface area contributed by atoms with Gasteiger partial charge in [0.05, 0.1) is 18.4 Å². The van der Waals surface area contributed by atoms with Crippen LogP contribution in [0.25, 0.3) is 0 Å². The summed E-state index contributed by atoms with van der Waals surface area (Å²) < 4.78 is 4.50. The summed E-state index contributed by atoms with van der Waals surface area (Å²) in [6.45, 7) is 0. The molecule has 0 saturated carbocycles. The van der Waals surface area contributed by atoms with E-state index in [9.17, 15) is 4.79 Å². The van der Waals surface area contributed by atoms with Gasteiger partial charge in [0.1, 0.15) is 6.07 Å². The average Bonchev–Trinajstić information content (AvgIpc) is 2.26. The number of hydrogen-bond acceptors (Lipinski definition) is 4. The van der Waals surface area contributed by atoms with Crippen LogP contribution in [0.4, 0.5) is 0 Å². The highest BCUT2D eigenvalue weighted by molar-refractivity contribution is 8.00. The van der Waals surface area contributed by atoms with E-state index in [0.717, 1.165) is 4.90 Å². The quantitative estimate of drug-likeness (QED) is 0.560. The van der Waals surface area contributed by atoms with E-state index in [4.69, 9.17) is 5.26 Å². The molecule has 72 valence electrons. The number of carbonyl (C=O) groups excluding carboxylic acids is 1. The van der Waals surface area contributed by atoms with E-state index in [1.54, 1.807) is 12.1 Å². The number of esters is 1. The summed E-state index contributed by atoms with van der Waals surface area (Å²) in [4.78, 5) is 11.7. The molecule has 0 aliphatic heterocycles. The molecule has 0 fully saturated rings. The first kappa shape index (κ1) is 10.6. The molecular formula is C10H9NO2S. The van der Waals surface area contributed by atoms with E-state index in [2.05, 4.69) is 10.8 Å². The van der Waals surface area contributed by atoms with Crippen LogP contribution in [0.3, 0.4) is 0 Å². The lowest BCUT2D eigenvalue weighted by molar-refractivity contribution is -0.137. The molecule has 0 amide bonds. The zero-order chi connectivity index (χ0) is 10.4. The zero-order valence-corrected chi connectivity index (χ0v) is 8.50. The van der Waals surface area contributed by atoms with Crippen LogP contribution >= 0.6 is 11.8 Å². The van der Waals surface area contributed by atoms with Crippen molar-refractivity contribution in [3.05, 3.63) is 29.8 Å². The zero-order valence-electron chi connectivity index (χ0n) is 7.69. The van der Waals surface area contributed by atoms with Gasteiger partial charge in [0, 0.05) is 4.90 Å². The molecule has 0 bridgehead atoms. The minimum absolute atomic E-state index is 0.231. The lowest BCUT2D eigenvalue weighted by Crippen LogP contribution is -2.03. The molecule has 0 N–H and O–H groups in total. The van der Waals surface area contributed by atoms with Crippen LogP contribution in [0.2, 0.25) is 0 Å². The Hall–Kier alpha value is -1.47. The second-order valence-corrected chi connectivity index (χ2v) is 3.49. The van der Waals surface area contributed by atoms with Crippen LogP contribution in [-0.2, 0) is 9.53 Å². The monoisotopic (exact) mass is 207 g/mol. The summed E-state index contributed by atoms with van der Waals surface area (Å²) in [5, 5.41) is 8.76. The third-order valence-electron chi connectivity index (χ3n) is 1.58. The van der Waals surface area contributed by atoms with Crippen LogP contribution in [0.15, 0.2) is 29.2 Å². The number of carbonyl (C=O) groups is 1. The van der Waals surface area contributed by atoms with Crippen molar-refractivity contribution in [2.24, 2.45) is 0 Å².